The lowest BCUT2D eigenvalue weighted by Crippen LogP contribution is -2.42. The summed E-state index contributed by atoms with van der Waals surface area (Å²) < 4.78 is 11.1. The fourth-order valence-electron chi connectivity index (χ4n) is 4.06. The van der Waals surface area contributed by atoms with Gasteiger partial charge in [0.25, 0.3) is 0 Å². The van der Waals surface area contributed by atoms with Crippen LogP contribution in [0.1, 0.15) is 12.8 Å². The molecule has 5 heteroatoms. The first-order valence-electron chi connectivity index (χ1n) is 7.70. The molecule has 1 amide bonds. The van der Waals surface area contributed by atoms with Gasteiger partial charge in [-0.3, -0.25) is 4.79 Å². The van der Waals surface area contributed by atoms with E-state index in [-0.39, 0.29) is 11.3 Å². The number of amides is 1. The molecule has 20 heavy (non-hydrogen) atoms. The van der Waals surface area contributed by atoms with E-state index < -0.39 is 0 Å². The molecule has 0 unspecified atom stereocenters. The summed E-state index contributed by atoms with van der Waals surface area (Å²) in [4.78, 5) is 17.0. The van der Waals surface area contributed by atoms with Gasteiger partial charge in [0.15, 0.2) is 0 Å². The Kier molecular flexibility index (Phi) is 4.02. The number of nitrogens with zero attached hydrogens (tertiary/aromatic N) is 2. The van der Waals surface area contributed by atoms with Crippen molar-refractivity contribution < 1.29 is 14.3 Å². The van der Waals surface area contributed by atoms with Crippen LogP contribution in [0.5, 0.6) is 0 Å². The van der Waals surface area contributed by atoms with Crippen molar-refractivity contribution in [2.24, 2.45) is 17.3 Å². The summed E-state index contributed by atoms with van der Waals surface area (Å²) in [6.07, 6.45) is 1.77. The van der Waals surface area contributed by atoms with Crippen molar-refractivity contribution in [1.82, 2.24) is 9.80 Å². The van der Waals surface area contributed by atoms with Gasteiger partial charge in [-0.05, 0) is 26.9 Å². The average Bonchev–Trinajstić information content (AvgIpc) is 2.94. The minimum absolute atomic E-state index is 0.157. The van der Waals surface area contributed by atoms with Gasteiger partial charge in [-0.1, -0.05) is 0 Å². The van der Waals surface area contributed by atoms with Gasteiger partial charge in [0, 0.05) is 50.1 Å². The molecule has 2 atom stereocenters. The predicted octanol–water partition coefficient (Wildman–Crippen LogP) is 0.450. The van der Waals surface area contributed by atoms with Crippen molar-refractivity contribution in [3.63, 3.8) is 0 Å². The zero-order chi connectivity index (χ0) is 14.2. The molecule has 0 aromatic carbocycles. The van der Waals surface area contributed by atoms with E-state index in [4.69, 9.17) is 9.47 Å². The SMILES string of the molecule is CN(C)C[C@]12COC[C@H]1CN(C(=O)C1CCOCC1)C2. The van der Waals surface area contributed by atoms with Crippen LogP contribution in [-0.2, 0) is 14.3 Å². The maximum absolute atomic E-state index is 12.7. The second-order valence-corrected chi connectivity index (χ2v) is 6.92. The molecule has 0 N–H and O–H groups in total. The Morgan fingerprint density at radius 2 is 2.05 bits per heavy atom. The van der Waals surface area contributed by atoms with Crippen molar-refractivity contribution in [1.29, 1.82) is 0 Å². The molecule has 0 radical (unpaired) electrons. The summed E-state index contributed by atoms with van der Waals surface area (Å²) in [6, 6.07) is 0. The number of carbonyl (C=O) groups excluding carboxylic acids is 1. The van der Waals surface area contributed by atoms with Gasteiger partial charge >= 0.3 is 0 Å². The van der Waals surface area contributed by atoms with Gasteiger partial charge in [-0.15, -0.1) is 0 Å². The van der Waals surface area contributed by atoms with E-state index in [1.165, 1.54) is 0 Å². The summed E-state index contributed by atoms with van der Waals surface area (Å²) in [7, 11) is 4.21. The molecule has 114 valence electrons. The molecule has 5 nitrogen and oxygen atoms in total. The summed E-state index contributed by atoms with van der Waals surface area (Å²) >= 11 is 0. The third-order valence-corrected chi connectivity index (χ3v) is 5.03. The zero-order valence-corrected chi connectivity index (χ0v) is 12.6. The Morgan fingerprint density at radius 3 is 2.75 bits per heavy atom. The van der Waals surface area contributed by atoms with Crippen molar-refractivity contribution in [2.75, 3.05) is 60.2 Å². The number of hydrogen-bond donors (Lipinski definition) is 0. The van der Waals surface area contributed by atoms with Crippen LogP contribution in [0.25, 0.3) is 0 Å². The first-order chi connectivity index (χ1) is 9.61. The Bertz CT molecular complexity index is 368. The molecule has 0 spiro atoms. The van der Waals surface area contributed by atoms with Crippen molar-refractivity contribution >= 4 is 5.91 Å². The number of fused-ring (bicyclic) bond motifs is 1. The van der Waals surface area contributed by atoms with Gasteiger partial charge in [-0.25, -0.2) is 0 Å². The Morgan fingerprint density at radius 1 is 1.30 bits per heavy atom. The molecule has 3 aliphatic rings. The first kappa shape index (κ1) is 14.3. The van der Waals surface area contributed by atoms with E-state index in [0.717, 1.165) is 58.9 Å². The van der Waals surface area contributed by atoms with Crippen LogP contribution < -0.4 is 0 Å². The van der Waals surface area contributed by atoms with Crippen LogP contribution in [0.3, 0.4) is 0 Å². The van der Waals surface area contributed by atoms with E-state index in [9.17, 15) is 4.79 Å². The largest absolute Gasteiger partial charge is 0.381 e. The summed E-state index contributed by atoms with van der Waals surface area (Å²) in [5, 5.41) is 0. The molecule has 3 heterocycles. The van der Waals surface area contributed by atoms with Crippen LogP contribution in [0.2, 0.25) is 0 Å². The molecule has 3 fully saturated rings. The van der Waals surface area contributed by atoms with Gasteiger partial charge in [-0.2, -0.15) is 0 Å². The van der Waals surface area contributed by atoms with E-state index in [0.29, 0.717) is 11.8 Å². The van der Waals surface area contributed by atoms with Crippen LogP contribution in [0, 0.1) is 17.3 Å². The molecule has 0 aromatic heterocycles. The van der Waals surface area contributed by atoms with Gasteiger partial charge < -0.3 is 19.3 Å². The average molecular weight is 282 g/mol. The summed E-state index contributed by atoms with van der Waals surface area (Å²) in [5.41, 5.74) is 0.157. The fourth-order valence-corrected chi connectivity index (χ4v) is 4.06. The molecular weight excluding hydrogens is 256 g/mol. The molecule has 3 aliphatic heterocycles. The minimum atomic E-state index is 0.157. The molecule has 0 aliphatic carbocycles. The highest BCUT2D eigenvalue weighted by molar-refractivity contribution is 5.79. The highest BCUT2D eigenvalue weighted by atomic mass is 16.5. The Balaban J connectivity index is 1.66. The summed E-state index contributed by atoms with van der Waals surface area (Å²) in [6.45, 7) is 5.84. The second-order valence-electron chi connectivity index (χ2n) is 6.92. The first-order valence-corrected chi connectivity index (χ1v) is 7.70. The smallest absolute Gasteiger partial charge is 0.225 e. The number of ether oxygens (including phenoxy) is 2. The monoisotopic (exact) mass is 282 g/mol. The predicted molar refractivity (Wildman–Crippen MR) is 75.4 cm³/mol. The Labute approximate surface area is 121 Å². The van der Waals surface area contributed by atoms with Crippen LogP contribution in [0.15, 0.2) is 0 Å². The third-order valence-electron chi connectivity index (χ3n) is 5.03. The molecule has 0 bridgehead atoms. The molecule has 3 rings (SSSR count). The molecule has 3 saturated heterocycles. The Hall–Kier alpha value is -0.650. The maximum atomic E-state index is 12.7. The van der Waals surface area contributed by atoms with Crippen LogP contribution in [-0.4, -0.2) is 75.9 Å². The zero-order valence-electron chi connectivity index (χ0n) is 12.6. The van der Waals surface area contributed by atoms with E-state index in [1.54, 1.807) is 0 Å². The number of hydrogen-bond acceptors (Lipinski definition) is 4. The van der Waals surface area contributed by atoms with Crippen molar-refractivity contribution in [3.8, 4) is 0 Å². The lowest BCUT2D eigenvalue weighted by molar-refractivity contribution is -0.138. The van der Waals surface area contributed by atoms with Crippen LogP contribution >= 0.6 is 0 Å². The minimum Gasteiger partial charge on any atom is -0.381 e. The lowest BCUT2D eigenvalue weighted by atomic mass is 9.81. The van der Waals surface area contributed by atoms with Gasteiger partial charge in [0.1, 0.15) is 0 Å². The normalized spacial score (nSPS) is 34.8. The quantitative estimate of drug-likeness (QED) is 0.754. The number of carbonyl (C=O) groups is 1. The van der Waals surface area contributed by atoms with E-state index in [1.807, 2.05) is 0 Å². The van der Waals surface area contributed by atoms with E-state index >= 15 is 0 Å². The standard InChI is InChI=1S/C15H26N2O3/c1-16(2)9-15-10-17(7-13(15)8-20-11-15)14(18)12-3-5-19-6-4-12/h12-13H,3-11H2,1-2H3/t13-,15+/m1/s1. The van der Waals surface area contributed by atoms with Gasteiger partial charge in [0.2, 0.25) is 5.91 Å². The summed E-state index contributed by atoms with van der Waals surface area (Å²) in [5.74, 6) is 1.04. The van der Waals surface area contributed by atoms with Crippen molar-refractivity contribution in [2.45, 2.75) is 12.8 Å². The molecule has 0 saturated carbocycles. The highest BCUT2D eigenvalue weighted by Gasteiger charge is 2.52. The van der Waals surface area contributed by atoms with Crippen molar-refractivity contribution in [3.05, 3.63) is 0 Å². The molecule has 0 aromatic rings. The maximum Gasteiger partial charge on any atom is 0.225 e. The lowest BCUT2D eigenvalue weighted by Gasteiger charge is -2.31. The van der Waals surface area contributed by atoms with Gasteiger partial charge in [0.05, 0.1) is 13.2 Å². The second kappa shape index (κ2) is 5.62. The van der Waals surface area contributed by atoms with E-state index in [2.05, 4.69) is 23.9 Å². The fraction of sp³-hybridized carbons (Fsp3) is 0.933. The molecular formula is C15H26N2O3. The highest BCUT2D eigenvalue weighted by Crippen LogP contribution is 2.42. The number of rotatable bonds is 3. The third kappa shape index (κ3) is 2.59. The number of likely N-dealkylation sites (tertiary alicyclic amines) is 1. The van der Waals surface area contributed by atoms with Crippen LogP contribution in [0.4, 0.5) is 0 Å². The topological polar surface area (TPSA) is 42.0 Å².